The van der Waals surface area contributed by atoms with Gasteiger partial charge in [0, 0.05) is 6.20 Å². The van der Waals surface area contributed by atoms with E-state index in [1.165, 1.54) is 0 Å². The number of hydrazone groups is 1. The summed E-state index contributed by atoms with van der Waals surface area (Å²) in [5.41, 5.74) is 8.79. The minimum absolute atomic E-state index is 0.0704. The van der Waals surface area contributed by atoms with E-state index in [-0.39, 0.29) is 12.5 Å². The third-order valence-corrected chi connectivity index (χ3v) is 1.57. The van der Waals surface area contributed by atoms with Crippen LogP contribution in [0.1, 0.15) is 12.6 Å². The summed E-state index contributed by atoms with van der Waals surface area (Å²) in [5.74, 6) is -0.319. The van der Waals surface area contributed by atoms with Crippen LogP contribution in [0.25, 0.3) is 0 Å². The molecular formula is C9H12N4O. The van der Waals surface area contributed by atoms with Gasteiger partial charge in [0.1, 0.15) is 0 Å². The lowest BCUT2D eigenvalue weighted by atomic mass is 10.3. The fourth-order valence-electron chi connectivity index (χ4n) is 0.826. The lowest BCUT2D eigenvalue weighted by Gasteiger charge is -1.99. The van der Waals surface area contributed by atoms with Crippen LogP contribution >= 0.6 is 0 Å². The van der Waals surface area contributed by atoms with Crippen LogP contribution in [0.5, 0.6) is 0 Å². The van der Waals surface area contributed by atoms with Crippen LogP contribution in [-0.2, 0) is 4.79 Å². The zero-order valence-corrected chi connectivity index (χ0v) is 7.90. The molecule has 1 rings (SSSR count). The van der Waals surface area contributed by atoms with E-state index in [0.717, 1.165) is 5.69 Å². The van der Waals surface area contributed by atoms with Crippen molar-refractivity contribution in [1.82, 2.24) is 10.4 Å². The molecule has 1 aromatic heterocycles. The lowest BCUT2D eigenvalue weighted by molar-refractivity contribution is -0.119. The van der Waals surface area contributed by atoms with Gasteiger partial charge in [0.25, 0.3) is 5.91 Å². The molecule has 0 fully saturated rings. The zero-order valence-electron chi connectivity index (χ0n) is 7.90. The number of aromatic nitrogens is 1. The monoisotopic (exact) mass is 192 g/mol. The molecule has 74 valence electrons. The maximum atomic E-state index is 10.8. The second-order valence-electron chi connectivity index (χ2n) is 2.65. The number of nitrogens with one attached hydrogen (secondary N) is 1. The summed E-state index contributed by atoms with van der Waals surface area (Å²) in [5, 5.41) is 3.84. The maximum Gasteiger partial charge on any atom is 0.253 e. The van der Waals surface area contributed by atoms with Gasteiger partial charge in [-0.25, -0.2) is 5.43 Å². The van der Waals surface area contributed by atoms with E-state index in [2.05, 4.69) is 15.5 Å². The first-order chi connectivity index (χ1) is 6.74. The Balaban J connectivity index is 2.66. The van der Waals surface area contributed by atoms with Crippen LogP contribution in [0.2, 0.25) is 0 Å². The van der Waals surface area contributed by atoms with Crippen molar-refractivity contribution in [3.05, 3.63) is 30.1 Å². The first kappa shape index (κ1) is 10.3. The van der Waals surface area contributed by atoms with Crippen molar-refractivity contribution >= 4 is 11.6 Å². The molecular weight excluding hydrogens is 180 g/mol. The molecule has 0 aliphatic heterocycles. The molecule has 1 aromatic rings. The summed E-state index contributed by atoms with van der Waals surface area (Å²) in [6.45, 7) is 1.69. The predicted octanol–water partition coefficient (Wildman–Crippen LogP) is -0.120. The van der Waals surface area contributed by atoms with Crippen molar-refractivity contribution in [2.75, 3.05) is 6.54 Å². The van der Waals surface area contributed by atoms with Crippen LogP contribution in [0.3, 0.4) is 0 Å². The molecule has 0 aliphatic carbocycles. The number of hydrogen-bond donors (Lipinski definition) is 2. The van der Waals surface area contributed by atoms with Gasteiger partial charge < -0.3 is 5.73 Å². The highest BCUT2D eigenvalue weighted by Crippen LogP contribution is 1.94. The summed E-state index contributed by atoms with van der Waals surface area (Å²) in [4.78, 5) is 14.9. The maximum absolute atomic E-state index is 10.8. The Bertz CT molecular complexity index is 334. The van der Waals surface area contributed by atoms with Gasteiger partial charge >= 0.3 is 0 Å². The highest BCUT2D eigenvalue weighted by Gasteiger charge is 1.98. The van der Waals surface area contributed by atoms with E-state index >= 15 is 0 Å². The van der Waals surface area contributed by atoms with Crippen molar-refractivity contribution in [3.8, 4) is 0 Å². The summed E-state index contributed by atoms with van der Waals surface area (Å²) in [6, 6.07) is 5.48. The number of nitrogens with zero attached hydrogens (tertiary/aromatic N) is 2. The Morgan fingerprint density at radius 2 is 2.43 bits per heavy atom. The Kier molecular flexibility index (Phi) is 3.75. The van der Waals surface area contributed by atoms with E-state index in [9.17, 15) is 4.79 Å². The molecule has 3 N–H and O–H groups in total. The molecule has 0 spiro atoms. The standard InChI is InChI=1S/C9H12N4O/c1-7(12-13-9(14)6-10)8-4-2-3-5-11-8/h2-5H,6,10H2,1H3,(H,13,14)/b12-7-. The summed E-state index contributed by atoms with van der Waals surface area (Å²) < 4.78 is 0. The normalized spacial score (nSPS) is 11.1. The van der Waals surface area contributed by atoms with Gasteiger partial charge in [-0.15, -0.1) is 0 Å². The predicted molar refractivity (Wildman–Crippen MR) is 53.6 cm³/mol. The van der Waals surface area contributed by atoms with Crippen molar-refractivity contribution in [1.29, 1.82) is 0 Å². The Morgan fingerprint density at radius 3 is 3.00 bits per heavy atom. The van der Waals surface area contributed by atoms with E-state index in [0.29, 0.717) is 5.71 Å². The molecule has 0 atom stereocenters. The molecule has 5 nitrogen and oxygen atoms in total. The molecule has 0 saturated carbocycles. The molecule has 5 heteroatoms. The van der Waals surface area contributed by atoms with Crippen LogP contribution in [0.15, 0.2) is 29.5 Å². The second-order valence-corrected chi connectivity index (χ2v) is 2.65. The average molecular weight is 192 g/mol. The Labute approximate surface area is 82.0 Å². The highest BCUT2D eigenvalue weighted by molar-refractivity contribution is 5.97. The second kappa shape index (κ2) is 5.08. The summed E-state index contributed by atoms with van der Waals surface area (Å²) >= 11 is 0. The molecule has 0 radical (unpaired) electrons. The van der Waals surface area contributed by atoms with E-state index in [1.807, 2.05) is 18.2 Å². The van der Waals surface area contributed by atoms with E-state index in [4.69, 9.17) is 5.73 Å². The molecule has 0 aliphatic rings. The van der Waals surface area contributed by atoms with E-state index < -0.39 is 0 Å². The van der Waals surface area contributed by atoms with Crippen molar-refractivity contribution in [3.63, 3.8) is 0 Å². The fraction of sp³-hybridized carbons (Fsp3) is 0.222. The van der Waals surface area contributed by atoms with Gasteiger partial charge in [-0.3, -0.25) is 9.78 Å². The number of carbonyl (C=O) groups excluding carboxylic acids is 1. The molecule has 14 heavy (non-hydrogen) atoms. The smallest absolute Gasteiger partial charge is 0.253 e. The van der Waals surface area contributed by atoms with Crippen molar-refractivity contribution < 1.29 is 4.79 Å². The third-order valence-electron chi connectivity index (χ3n) is 1.57. The number of nitrogens with two attached hydrogens (primary N) is 1. The SMILES string of the molecule is C/C(=N/NC(=O)CN)c1ccccn1. The van der Waals surface area contributed by atoms with Gasteiger partial charge in [-0.2, -0.15) is 5.10 Å². The van der Waals surface area contributed by atoms with Crippen molar-refractivity contribution in [2.24, 2.45) is 10.8 Å². The zero-order chi connectivity index (χ0) is 10.4. The Morgan fingerprint density at radius 1 is 1.64 bits per heavy atom. The van der Waals surface area contributed by atoms with Crippen LogP contribution in [0, 0.1) is 0 Å². The molecule has 0 saturated heterocycles. The van der Waals surface area contributed by atoms with Crippen LogP contribution < -0.4 is 11.2 Å². The molecule has 0 unspecified atom stereocenters. The minimum atomic E-state index is -0.319. The van der Waals surface area contributed by atoms with Gasteiger partial charge in [0.15, 0.2) is 0 Å². The number of rotatable bonds is 3. The topological polar surface area (TPSA) is 80.4 Å². The van der Waals surface area contributed by atoms with Gasteiger partial charge in [-0.05, 0) is 19.1 Å². The van der Waals surface area contributed by atoms with Gasteiger partial charge in [0.2, 0.25) is 0 Å². The number of amides is 1. The third kappa shape index (κ3) is 2.95. The van der Waals surface area contributed by atoms with Gasteiger partial charge in [0.05, 0.1) is 18.0 Å². The molecule has 1 amide bonds. The average Bonchev–Trinajstić information content (AvgIpc) is 2.26. The summed E-state index contributed by atoms with van der Waals surface area (Å²) in [6.07, 6.45) is 1.67. The van der Waals surface area contributed by atoms with Crippen LogP contribution in [0.4, 0.5) is 0 Å². The van der Waals surface area contributed by atoms with Gasteiger partial charge in [-0.1, -0.05) is 6.07 Å². The first-order valence-corrected chi connectivity index (χ1v) is 4.18. The Hall–Kier alpha value is -1.75. The minimum Gasteiger partial charge on any atom is -0.322 e. The largest absolute Gasteiger partial charge is 0.322 e. The number of pyridine rings is 1. The van der Waals surface area contributed by atoms with Crippen LogP contribution in [-0.4, -0.2) is 23.1 Å². The molecule has 1 heterocycles. The highest BCUT2D eigenvalue weighted by atomic mass is 16.2. The quantitative estimate of drug-likeness (QED) is 0.517. The van der Waals surface area contributed by atoms with E-state index in [1.54, 1.807) is 13.1 Å². The first-order valence-electron chi connectivity index (χ1n) is 4.18. The number of carbonyl (C=O) groups is 1. The fourth-order valence-corrected chi connectivity index (χ4v) is 0.826. The summed E-state index contributed by atoms with van der Waals surface area (Å²) in [7, 11) is 0. The lowest BCUT2D eigenvalue weighted by Crippen LogP contribution is -2.27. The molecule has 0 bridgehead atoms. The number of hydrogen-bond acceptors (Lipinski definition) is 4. The van der Waals surface area contributed by atoms with Crippen molar-refractivity contribution in [2.45, 2.75) is 6.92 Å². The molecule has 0 aromatic carbocycles.